The molecule has 2 aromatic rings. The zero-order valence-electron chi connectivity index (χ0n) is 13.2. The summed E-state index contributed by atoms with van der Waals surface area (Å²) in [5, 5.41) is 9.33. The third-order valence-electron chi connectivity index (χ3n) is 3.31. The number of ether oxygens (including phenoxy) is 2. The predicted octanol–water partition coefficient (Wildman–Crippen LogP) is 4.11. The van der Waals surface area contributed by atoms with Gasteiger partial charge >= 0.3 is 6.09 Å². The molecule has 0 fully saturated rings. The van der Waals surface area contributed by atoms with E-state index in [1.54, 1.807) is 25.3 Å². The van der Waals surface area contributed by atoms with E-state index in [-0.39, 0.29) is 6.61 Å². The van der Waals surface area contributed by atoms with Gasteiger partial charge in [-0.2, -0.15) is 5.26 Å². The first-order valence-electron chi connectivity index (χ1n) is 7.32. The first kappa shape index (κ1) is 18.0. The van der Waals surface area contributed by atoms with Crippen LogP contribution in [0.3, 0.4) is 0 Å². The molecular formula is C18H17BrN2O3. The Morgan fingerprint density at radius 2 is 2.00 bits per heavy atom. The number of halogens is 1. The predicted molar refractivity (Wildman–Crippen MR) is 94.7 cm³/mol. The van der Waals surface area contributed by atoms with Crippen molar-refractivity contribution in [2.45, 2.75) is 6.61 Å². The standard InChI is InChI=1S/C18H17BrN2O3/c1-23-10-9-21(17-8-7-16(19)11-15(17)12-20)18(22)24-13-14-5-3-2-4-6-14/h2-8,11H,9-10,13H2,1H3. The van der Waals surface area contributed by atoms with Gasteiger partial charge in [0.2, 0.25) is 0 Å². The van der Waals surface area contributed by atoms with Gasteiger partial charge < -0.3 is 9.47 Å². The smallest absolute Gasteiger partial charge is 0.414 e. The van der Waals surface area contributed by atoms with E-state index in [2.05, 4.69) is 22.0 Å². The Kier molecular flexibility index (Phi) is 6.79. The number of nitrogens with zero attached hydrogens (tertiary/aromatic N) is 2. The fraction of sp³-hybridized carbons (Fsp3) is 0.222. The molecule has 0 heterocycles. The first-order valence-corrected chi connectivity index (χ1v) is 8.12. The van der Waals surface area contributed by atoms with Gasteiger partial charge in [0, 0.05) is 11.6 Å². The topological polar surface area (TPSA) is 62.6 Å². The van der Waals surface area contributed by atoms with Crippen LogP contribution in [-0.4, -0.2) is 26.4 Å². The van der Waals surface area contributed by atoms with E-state index >= 15 is 0 Å². The van der Waals surface area contributed by atoms with Crippen LogP contribution in [0.15, 0.2) is 53.0 Å². The Morgan fingerprint density at radius 3 is 2.67 bits per heavy atom. The third-order valence-corrected chi connectivity index (χ3v) is 3.81. The molecular weight excluding hydrogens is 372 g/mol. The number of anilines is 1. The lowest BCUT2D eigenvalue weighted by molar-refractivity contribution is 0.142. The van der Waals surface area contributed by atoms with Gasteiger partial charge in [-0.1, -0.05) is 46.3 Å². The van der Waals surface area contributed by atoms with Crippen LogP contribution in [0.25, 0.3) is 0 Å². The molecule has 0 spiro atoms. The van der Waals surface area contributed by atoms with Gasteiger partial charge in [-0.05, 0) is 23.8 Å². The lowest BCUT2D eigenvalue weighted by Gasteiger charge is -2.23. The first-order chi connectivity index (χ1) is 11.7. The van der Waals surface area contributed by atoms with Gasteiger partial charge in [0.1, 0.15) is 12.7 Å². The molecule has 0 saturated heterocycles. The molecule has 124 valence electrons. The fourth-order valence-electron chi connectivity index (χ4n) is 2.12. The summed E-state index contributed by atoms with van der Waals surface area (Å²) < 4.78 is 11.2. The van der Waals surface area contributed by atoms with Crippen molar-refractivity contribution in [2.75, 3.05) is 25.2 Å². The van der Waals surface area contributed by atoms with Crippen molar-refractivity contribution in [1.82, 2.24) is 0 Å². The van der Waals surface area contributed by atoms with Crippen LogP contribution < -0.4 is 4.90 Å². The van der Waals surface area contributed by atoms with Crippen LogP contribution in [0.4, 0.5) is 10.5 Å². The summed E-state index contributed by atoms with van der Waals surface area (Å²) in [6.45, 7) is 0.795. The minimum absolute atomic E-state index is 0.168. The van der Waals surface area contributed by atoms with E-state index in [0.29, 0.717) is 24.4 Å². The highest BCUT2D eigenvalue weighted by Gasteiger charge is 2.20. The largest absolute Gasteiger partial charge is 0.444 e. The minimum Gasteiger partial charge on any atom is -0.444 e. The Hall–Kier alpha value is -2.36. The Bertz CT molecular complexity index is 729. The normalized spacial score (nSPS) is 10.0. The van der Waals surface area contributed by atoms with Crippen molar-refractivity contribution < 1.29 is 14.3 Å². The third kappa shape index (κ3) is 4.82. The molecule has 2 aromatic carbocycles. The maximum absolute atomic E-state index is 12.5. The van der Waals surface area contributed by atoms with E-state index in [1.165, 1.54) is 4.90 Å². The lowest BCUT2D eigenvalue weighted by Crippen LogP contribution is -2.35. The van der Waals surface area contributed by atoms with E-state index in [0.717, 1.165) is 10.0 Å². The molecule has 1 amide bonds. The summed E-state index contributed by atoms with van der Waals surface area (Å²) in [4.78, 5) is 13.9. The molecule has 0 unspecified atom stereocenters. The van der Waals surface area contributed by atoms with Crippen LogP contribution in [0, 0.1) is 11.3 Å². The molecule has 0 atom stereocenters. The maximum Gasteiger partial charge on any atom is 0.414 e. The minimum atomic E-state index is -0.519. The SMILES string of the molecule is COCCN(C(=O)OCc1ccccc1)c1ccc(Br)cc1C#N. The van der Waals surface area contributed by atoms with Gasteiger partial charge in [-0.25, -0.2) is 4.79 Å². The van der Waals surface area contributed by atoms with Crippen molar-refractivity contribution in [1.29, 1.82) is 5.26 Å². The number of amides is 1. The van der Waals surface area contributed by atoms with E-state index in [9.17, 15) is 10.1 Å². The number of hydrogen-bond donors (Lipinski definition) is 0. The average Bonchev–Trinajstić information content (AvgIpc) is 2.62. The fourth-order valence-corrected chi connectivity index (χ4v) is 2.48. The van der Waals surface area contributed by atoms with Crippen molar-refractivity contribution in [2.24, 2.45) is 0 Å². The Morgan fingerprint density at radius 1 is 1.25 bits per heavy atom. The molecule has 6 heteroatoms. The molecule has 0 aromatic heterocycles. The van der Waals surface area contributed by atoms with Crippen molar-refractivity contribution >= 4 is 27.7 Å². The molecule has 0 radical (unpaired) electrons. The van der Waals surface area contributed by atoms with Gasteiger partial charge in [0.05, 0.1) is 24.4 Å². The summed E-state index contributed by atoms with van der Waals surface area (Å²) in [5.41, 5.74) is 1.78. The summed E-state index contributed by atoms with van der Waals surface area (Å²) in [6, 6.07) is 16.7. The molecule has 0 aliphatic heterocycles. The zero-order chi connectivity index (χ0) is 17.4. The number of methoxy groups -OCH3 is 1. The molecule has 0 N–H and O–H groups in total. The molecule has 0 saturated carbocycles. The molecule has 5 nitrogen and oxygen atoms in total. The molecule has 0 bridgehead atoms. The molecule has 2 rings (SSSR count). The number of rotatable bonds is 6. The average molecular weight is 389 g/mol. The number of benzene rings is 2. The summed E-state index contributed by atoms with van der Waals surface area (Å²) in [7, 11) is 1.56. The van der Waals surface area contributed by atoms with Crippen molar-refractivity contribution in [3.63, 3.8) is 0 Å². The molecule has 0 aliphatic rings. The van der Waals surface area contributed by atoms with Gasteiger partial charge in [0.15, 0.2) is 0 Å². The summed E-state index contributed by atoms with van der Waals surface area (Å²) in [6.07, 6.45) is -0.519. The van der Waals surface area contributed by atoms with Gasteiger partial charge in [0.25, 0.3) is 0 Å². The Labute approximate surface area is 149 Å². The van der Waals surface area contributed by atoms with Crippen molar-refractivity contribution in [3.8, 4) is 6.07 Å². The molecule has 0 aliphatic carbocycles. The monoisotopic (exact) mass is 388 g/mol. The summed E-state index contributed by atoms with van der Waals surface area (Å²) in [5.74, 6) is 0. The highest BCUT2D eigenvalue weighted by molar-refractivity contribution is 9.10. The lowest BCUT2D eigenvalue weighted by atomic mass is 10.2. The number of carbonyl (C=O) groups excluding carboxylic acids is 1. The van der Waals surface area contributed by atoms with E-state index < -0.39 is 6.09 Å². The Balaban J connectivity index is 2.18. The maximum atomic E-state index is 12.5. The van der Waals surface area contributed by atoms with E-state index in [4.69, 9.17) is 9.47 Å². The van der Waals surface area contributed by atoms with Crippen LogP contribution in [0.5, 0.6) is 0 Å². The van der Waals surface area contributed by atoms with Gasteiger partial charge in [-0.15, -0.1) is 0 Å². The van der Waals surface area contributed by atoms with E-state index in [1.807, 2.05) is 30.3 Å². The highest BCUT2D eigenvalue weighted by atomic mass is 79.9. The highest BCUT2D eigenvalue weighted by Crippen LogP contribution is 2.25. The number of hydrogen-bond acceptors (Lipinski definition) is 4. The zero-order valence-corrected chi connectivity index (χ0v) is 14.8. The number of carbonyl (C=O) groups is 1. The second kappa shape index (κ2) is 9.06. The molecule has 24 heavy (non-hydrogen) atoms. The van der Waals surface area contributed by atoms with Crippen LogP contribution in [0.1, 0.15) is 11.1 Å². The van der Waals surface area contributed by atoms with Crippen LogP contribution >= 0.6 is 15.9 Å². The quantitative estimate of drug-likeness (QED) is 0.746. The summed E-state index contributed by atoms with van der Waals surface area (Å²) >= 11 is 3.33. The van der Waals surface area contributed by atoms with Crippen molar-refractivity contribution in [3.05, 3.63) is 64.1 Å². The van der Waals surface area contributed by atoms with Crippen LogP contribution in [0.2, 0.25) is 0 Å². The van der Waals surface area contributed by atoms with Gasteiger partial charge in [-0.3, -0.25) is 4.90 Å². The van der Waals surface area contributed by atoms with Crippen LogP contribution in [-0.2, 0) is 16.1 Å². The second-order valence-electron chi connectivity index (χ2n) is 4.96. The second-order valence-corrected chi connectivity index (χ2v) is 5.87. The number of nitriles is 1.